The molecule has 1 aromatic rings. The molecule has 0 unspecified atom stereocenters. The summed E-state index contributed by atoms with van der Waals surface area (Å²) in [6.45, 7) is 10.7. The SMILES string of the molecule is CC[NH+](CC)CC(=O)Nc1c(C)cc([NH3+])cc1C.[Cl-].[Cl-]. The molecule has 0 aliphatic rings. The quantitative estimate of drug-likeness (QED) is 0.497. The number of amides is 1. The standard InChI is InChI=1S/C14H23N3O.2ClH/c1-5-17(6-2)9-13(18)16-14-10(3)7-12(15)8-11(14)4;;/h7-8H,5-6,9,15H2,1-4H3,(H,16,18);2*1H. The summed E-state index contributed by atoms with van der Waals surface area (Å²) in [6, 6.07) is 3.99. The highest BCUT2D eigenvalue weighted by molar-refractivity contribution is 5.93. The number of quaternary nitrogens is 2. The average molecular weight is 322 g/mol. The summed E-state index contributed by atoms with van der Waals surface area (Å²) < 4.78 is 0. The molecule has 0 saturated carbocycles. The van der Waals surface area contributed by atoms with Crippen LogP contribution in [-0.2, 0) is 4.79 Å². The Morgan fingerprint density at radius 3 is 2.00 bits per heavy atom. The van der Waals surface area contributed by atoms with Crippen molar-refractivity contribution in [2.45, 2.75) is 27.7 Å². The van der Waals surface area contributed by atoms with E-state index in [0.29, 0.717) is 6.54 Å². The monoisotopic (exact) mass is 321 g/mol. The molecule has 6 heteroatoms. The first-order valence-corrected chi connectivity index (χ1v) is 6.54. The van der Waals surface area contributed by atoms with Crippen LogP contribution in [0.1, 0.15) is 25.0 Å². The number of hydrogen-bond donors (Lipinski definition) is 3. The number of rotatable bonds is 5. The van der Waals surface area contributed by atoms with Crippen molar-refractivity contribution in [3.05, 3.63) is 23.3 Å². The van der Waals surface area contributed by atoms with Crippen molar-refractivity contribution in [1.82, 2.24) is 0 Å². The van der Waals surface area contributed by atoms with Gasteiger partial charge in [0.15, 0.2) is 6.54 Å². The lowest BCUT2D eigenvalue weighted by Gasteiger charge is -2.16. The highest BCUT2D eigenvalue weighted by Gasteiger charge is 2.13. The van der Waals surface area contributed by atoms with Crippen molar-refractivity contribution < 1.29 is 40.2 Å². The van der Waals surface area contributed by atoms with Crippen LogP contribution >= 0.6 is 0 Å². The van der Waals surface area contributed by atoms with E-state index < -0.39 is 0 Å². The van der Waals surface area contributed by atoms with E-state index in [1.165, 1.54) is 4.90 Å². The Labute approximate surface area is 133 Å². The van der Waals surface area contributed by atoms with Gasteiger partial charge in [-0.3, -0.25) is 4.79 Å². The third-order valence-electron chi connectivity index (χ3n) is 3.27. The summed E-state index contributed by atoms with van der Waals surface area (Å²) in [5.74, 6) is 0.0803. The Kier molecular flexibility index (Phi) is 10.7. The van der Waals surface area contributed by atoms with Crippen molar-refractivity contribution in [3.63, 3.8) is 0 Å². The first-order chi connectivity index (χ1) is 8.47. The molecule has 4 nitrogen and oxygen atoms in total. The maximum absolute atomic E-state index is 12.0. The Bertz CT molecular complexity index is 411. The number of halogens is 2. The van der Waals surface area contributed by atoms with Gasteiger partial charge < -0.3 is 40.8 Å². The zero-order valence-corrected chi connectivity index (χ0v) is 14.2. The largest absolute Gasteiger partial charge is 1.00 e. The number of aryl methyl sites for hydroxylation is 2. The molecule has 20 heavy (non-hydrogen) atoms. The van der Waals surface area contributed by atoms with E-state index >= 15 is 0 Å². The molecule has 0 atom stereocenters. The lowest BCUT2D eigenvalue weighted by atomic mass is 10.1. The molecule has 0 aliphatic heterocycles. The van der Waals surface area contributed by atoms with E-state index in [1.54, 1.807) is 0 Å². The Hall–Kier alpha value is -0.810. The summed E-state index contributed by atoms with van der Waals surface area (Å²) >= 11 is 0. The number of benzene rings is 1. The minimum absolute atomic E-state index is 0. The average Bonchev–Trinajstić information content (AvgIpc) is 2.30. The predicted molar refractivity (Wildman–Crippen MR) is 74.0 cm³/mol. The normalized spacial score (nSPS) is 9.70. The molecule has 1 rings (SSSR count). The molecule has 0 bridgehead atoms. The number of carbonyl (C=O) groups excluding carboxylic acids is 1. The Morgan fingerprint density at radius 2 is 1.60 bits per heavy atom. The fourth-order valence-corrected chi connectivity index (χ4v) is 2.16. The molecule has 0 aromatic heterocycles. The fourth-order valence-electron chi connectivity index (χ4n) is 2.16. The summed E-state index contributed by atoms with van der Waals surface area (Å²) in [5, 5.41) is 3.02. The van der Waals surface area contributed by atoms with E-state index in [4.69, 9.17) is 0 Å². The lowest BCUT2D eigenvalue weighted by Crippen LogP contribution is -3.12. The van der Waals surface area contributed by atoms with Gasteiger partial charge in [0, 0.05) is 17.8 Å². The van der Waals surface area contributed by atoms with Crippen LogP contribution in [-0.4, -0.2) is 25.5 Å². The van der Waals surface area contributed by atoms with E-state index in [0.717, 1.165) is 35.6 Å². The number of carbonyl (C=O) groups is 1. The summed E-state index contributed by atoms with van der Waals surface area (Å²) in [7, 11) is 0. The van der Waals surface area contributed by atoms with Crippen molar-refractivity contribution in [2.75, 3.05) is 25.0 Å². The van der Waals surface area contributed by atoms with Crippen molar-refractivity contribution >= 4 is 17.3 Å². The highest BCUT2D eigenvalue weighted by Crippen LogP contribution is 2.22. The molecule has 0 heterocycles. The second-order valence-electron chi connectivity index (χ2n) is 4.79. The van der Waals surface area contributed by atoms with Gasteiger partial charge in [-0.25, -0.2) is 0 Å². The predicted octanol–water partition coefficient (Wildman–Crippen LogP) is -5.95. The Balaban J connectivity index is 0. The molecule has 116 valence electrons. The minimum Gasteiger partial charge on any atom is -1.00 e. The summed E-state index contributed by atoms with van der Waals surface area (Å²) in [6.07, 6.45) is 0. The van der Waals surface area contributed by atoms with E-state index in [2.05, 4.69) is 24.9 Å². The van der Waals surface area contributed by atoms with Crippen LogP contribution in [0.4, 0.5) is 11.4 Å². The highest BCUT2D eigenvalue weighted by atomic mass is 35.5. The smallest absolute Gasteiger partial charge is 0.279 e. The van der Waals surface area contributed by atoms with E-state index in [1.807, 2.05) is 26.0 Å². The van der Waals surface area contributed by atoms with Gasteiger partial charge in [0.1, 0.15) is 5.69 Å². The van der Waals surface area contributed by atoms with Crippen LogP contribution in [0.2, 0.25) is 0 Å². The van der Waals surface area contributed by atoms with E-state index in [-0.39, 0.29) is 30.7 Å². The molecule has 0 fully saturated rings. The zero-order valence-electron chi connectivity index (χ0n) is 12.6. The van der Waals surface area contributed by atoms with E-state index in [9.17, 15) is 4.79 Å². The van der Waals surface area contributed by atoms with Gasteiger partial charge in [-0.15, -0.1) is 0 Å². The topological polar surface area (TPSA) is 61.2 Å². The molecule has 0 spiro atoms. The second-order valence-corrected chi connectivity index (χ2v) is 4.79. The second kappa shape index (κ2) is 10.00. The molecule has 0 saturated heterocycles. The van der Waals surface area contributed by atoms with Crippen LogP contribution in [0.25, 0.3) is 0 Å². The van der Waals surface area contributed by atoms with Gasteiger partial charge in [-0.1, -0.05) is 0 Å². The van der Waals surface area contributed by atoms with Crippen LogP contribution in [0.5, 0.6) is 0 Å². The first kappa shape index (κ1) is 21.5. The third-order valence-corrected chi connectivity index (χ3v) is 3.27. The maximum atomic E-state index is 12.0. The van der Waals surface area contributed by atoms with Crippen LogP contribution in [0.3, 0.4) is 0 Å². The fraction of sp³-hybridized carbons (Fsp3) is 0.500. The molecular formula is C14H25Cl2N3O. The van der Waals surface area contributed by atoms with Crippen molar-refractivity contribution in [1.29, 1.82) is 0 Å². The van der Waals surface area contributed by atoms with Crippen LogP contribution in [0.15, 0.2) is 12.1 Å². The van der Waals surface area contributed by atoms with Crippen LogP contribution in [0, 0.1) is 13.8 Å². The van der Waals surface area contributed by atoms with Crippen LogP contribution < -0.4 is 40.8 Å². The zero-order chi connectivity index (χ0) is 13.7. The third kappa shape index (κ3) is 6.09. The lowest BCUT2D eigenvalue weighted by molar-refractivity contribution is -0.888. The molecule has 5 N–H and O–H groups in total. The Morgan fingerprint density at radius 1 is 1.15 bits per heavy atom. The van der Waals surface area contributed by atoms with Gasteiger partial charge in [-0.2, -0.15) is 0 Å². The number of anilines is 1. The van der Waals surface area contributed by atoms with Gasteiger partial charge in [-0.05, 0) is 38.8 Å². The molecule has 0 radical (unpaired) electrons. The molecule has 1 aromatic carbocycles. The van der Waals surface area contributed by atoms with Gasteiger partial charge in [0.05, 0.1) is 13.1 Å². The summed E-state index contributed by atoms with van der Waals surface area (Å²) in [4.78, 5) is 13.3. The van der Waals surface area contributed by atoms with Gasteiger partial charge >= 0.3 is 0 Å². The number of likely N-dealkylation sites (N-methyl/N-ethyl adjacent to an activating group) is 1. The maximum Gasteiger partial charge on any atom is 0.279 e. The minimum atomic E-state index is 0. The number of hydrogen-bond acceptors (Lipinski definition) is 1. The first-order valence-electron chi connectivity index (χ1n) is 6.54. The van der Waals surface area contributed by atoms with Gasteiger partial charge in [0.2, 0.25) is 0 Å². The number of nitrogens with one attached hydrogen (secondary N) is 2. The van der Waals surface area contributed by atoms with Crippen molar-refractivity contribution in [2.24, 2.45) is 0 Å². The molecular weight excluding hydrogens is 297 g/mol. The summed E-state index contributed by atoms with van der Waals surface area (Å²) in [5.41, 5.74) is 7.98. The van der Waals surface area contributed by atoms with Crippen molar-refractivity contribution in [3.8, 4) is 0 Å². The molecule has 1 amide bonds. The molecule has 0 aliphatic carbocycles. The van der Waals surface area contributed by atoms with Gasteiger partial charge in [0.25, 0.3) is 5.91 Å².